The number of nitrogens with two attached hydrogens (primary N) is 1. The van der Waals surface area contributed by atoms with Gasteiger partial charge >= 0.3 is 0 Å². The average molecular weight is 351 g/mol. The lowest BCUT2D eigenvalue weighted by atomic mass is 9.90. The van der Waals surface area contributed by atoms with E-state index >= 15 is 0 Å². The molecule has 0 heterocycles. The summed E-state index contributed by atoms with van der Waals surface area (Å²) in [6.07, 6.45) is 0. The Morgan fingerprint density at radius 1 is 0.960 bits per heavy atom. The second-order valence-electron chi connectivity index (χ2n) is 5.94. The van der Waals surface area contributed by atoms with Gasteiger partial charge in [-0.15, -0.1) is 0 Å². The summed E-state index contributed by atoms with van der Waals surface area (Å²) >= 11 is 6.28. The molecule has 0 unspecified atom stereocenters. The molecule has 0 radical (unpaired) electrons. The summed E-state index contributed by atoms with van der Waals surface area (Å²) in [4.78, 5) is 13.1. The standard InChI is InChI=1S/C21H19ClN2O/c1-14-12-17(23)13-18(22)20(14)24-21(25)19(15-8-4-2-5-9-15)16-10-6-3-7-11-16/h2-13,19H,23H2,1H3,(H,24,25). The quantitative estimate of drug-likeness (QED) is 0.650. The molecule has 25 heavy (non-hydrogen) atoms. The van der Waals surface area contributed by atoms with Crippen LogP contribution in [0.3, 0.4) is 0 Å². The first-order valence-corrected chi connectivity index (χ1v) is 8.40. The number of rotatable bonds is 4. The number of nitrogen functional groups attached to an aromatic ring is 1. The Hall–Kier alpha value is -2.78. The first kappa shape index (κ1) is 17.1. The third-order valence-corrected chi connectivity index (χ3v) is 4.38. The summed E-state index contributed by atoms with van der Waals surface area (Å²) in [5.41, 5.74) is 9.66. The molecule has 126 valence electrons. The average Bonchev–Trinajstić information content (AvgIpc) is 2.60. The third kappa shape index (κ3) is 3.83. The lowest BCUT2D eigenvalue weighted by Gasteiger charge is -2.19. The van der Waals surface area contributed by atoms with Crippen molar-refractivity contribution < 1.29 is 4.79 Å². The topological polar surface area (TPSA) is 55.1 Å². The first-order valence-electron chi connectivity index (χ1n) is 8.02. The molecule has 3 aromatic rings. The van der Waals surface area contributed by atoms with Gasteiger partial charge in [-0.1, -0.05) is 72.3 Å². The smallest absolute Gasteiger partial charge is 0.236 e. The lowest BCUT2D eigenvalue weighted by Crippen LogP contribution is -2.23. The first-order chi connectivity index (χ1) is 12.1. The van der Waals surface area contributed by atoms with Gasteiger partial charge in [-0.3, -0.25) is 4.79 Å². The van der Waals surface area contributed by atoms with E-state index in [0.29, 0.717) is 16.4 Å². The Kier molecular flexibility index (Phi) is 5.05. The normalized spacial score (nSPS) is 10.7. The monoisotopic (exact) mass is 350 g/mol. The molecule has 1 amide bonds. The number of anilines is 2. The van der Waals surface area contributed by atoms with Crippen LogP contribution in [0.15, 0.2) is 72.8 Å². The molecule has 0 atom stereocenters. The Morgan fingerprint density at radius 2 is 1.48 bits per heavy atom. The van der Waals surface area contributed by atoms with Gasteiger partial charge in [0.25, 0.3) is 0 Å². The van der Waals surface area contributed by atoms with Crippen LogP contribution >= 0.6 is 11.6 Å². The van der Waals surface area contributed by atoms with Crippen molar-refractivity contribution in [3.63, 3.8) is 0 Å². The molecule has 0 aromatic heterocycles. The Bertz CT molecular complexity index is 816. The zero-order valence-corrected chi connectivity index (χ0v) is 14.6. The fourth-order valence-electron chi connectivity index (χ4n) is 2.91. The molecule has 0 fully saturated rings. The third-order valence-electron chi connectivity index (χ3n) is 4.09. The maximum Gasteiger partial charge on any atom is 0.236 e. The molecule has 0 saturated carbocycles. The molecule has 3 nitrogen and oxygen atoms in total. The fraction of sp³-hybridized carbons (Fsp3) is 0.0952. The number of carbonyl (C=O) groups is 1. The number of carbonyl (C=O) groups excluding carboxylic acids is 1. The van der Waals surface area contributed by atoms with Crippen LogP contribution in [0.2, 0.25) is 5.02 Å². The van der Waals surface area contributed by atoms with Crippen molar-refractivity contribution in [2.75, 3.05) is 11.1 Å². The van der Waals surface area contributed by atoms with Gasteiger partial charge in [0.2, 0.25) is 5.91 Å². The molecule has 0 aliphatic heterocycles. The number of halogens is 1. The highest BCUT2D eigenvalue weighted by Crippen LogP contribution is 2.31. The van der Waals surface area contributed by atoms with Crippen LogP contribution in [0.25, 0.3) is 0 Å². The second kappa shape index (κ2) is 7.41. The van der Waals surface area contributed by atoms with Gasteiger partial charge < -0.3 is 11.1 Å². The summed E-state index contributed by atoms with van der Waals surface area (Å²) < 4.78 is 0. The van der Waals surface area contributed by atoms with Crippen molar-refractivity contribution in [2.45, 2.75) is 12.8 Å². The molecule has 0 spiro atoms. The minimum atomic E-state index is -0.421. The second-order valence-corrected chi connectivity index (χ2v) is 6.35. The van der Waals surface area contributed by atoms with Crippen molar-refractivity contribution in [3.8, 4) is 0 Å². The SMILES string of the molecule is Cc1cc(N)cc(Cl)c1NC(=O)C(c1ccccc1)c1ccccc1. The highest BCUT2D eigenvalue weighted by Gasteiger charge is 2.23. The molecule has 0 aliphatic rings. The molecule has 3 rings (SSSR count). The number of amides is 1. The molecular weight excluding hydrogens is 332 g/mol. The van der Waals surface area contributed by atoms with E-state index in [1.165, 1.54) is 0 Å². The van der Waals surface area contributed by atoms with Crippen LogP contribution in [-0.2, 0) is 4.79 Å². The maximum absolute atomic E-state index is 13.1. The number of hydrogen-bond acceptors (Lipinski definition) is 2. The highest BCUT2D eigenvalue weighted by atomic mass is 35.5. The zero-order chi connectivity index (χ0) is 17.8. The van der Waals surface area contributed by atoms with Crippen molar-refractivity contribution in [1.82, 2.24) is 0 Å². The maximum atomic E-state index is 13.1. The number of aryl methyl sites for hydroxylation is 1. The van der Waals surface area contributed by atoms with E-state index in [1.807, 2.05) is 67.6 Å². The summed E-state index contributed by atoms with van der Waals surface area (Å²) in [5.74, 6) is -0.553. The van der Waals surface area contributed by atoms with E-state index < -0.39 is 5.92 Å². The largest absolute Gasteiger partial charge is 0.399 e. The van der Waals surface area contributed by atoms with Crippen molar-refractivity contribution in [2.24, 2.45) is 0 Å². The predicted octanol–water partition coefficient (Wildman–Crippen LogP) is 5.00. The molecular formula is C21H19ClN2O. The van der Waals surface area contributed by atoms with Crippen LogP contribution in [0, 0.1) is 6.92 Å². The molecule has 0 bridgehead atoms. The van der Waals surface area contributed by atoms with Crippen LogP contribution in [0.5, 0.6) is 0 Å². The van der Waals surface area contributed by atoms with Gasteiger partial charge in [0, 0.05) is 5.69 Å². The summed E-state index contributed by atoms with van der Waals surface area (Å²) in [7, 11) is 0. The van der Waals surface area contributed by atoms with Gasteiger partial charge in [-0.2, -0.15) is 0 Å². The number of hydrogen-bond donors (Lipinski definition) is 2. The van der Waals surface area contributed by atoms with Crippen LogP contribution in [0.4, 0.5) is 11.4 Å². The molecule has 0 saturated heterocycles. The number of nitrogens with one attached hydrogen (secondary N) is 1. The van der Waals surface area contributed by atoms with Crippen LogP contribution in [-0.4, -0.2) is 5.91 Å². The molecule has 3 N–H and O–H groups in total. The van der Waals surface area contributed by atoms with Gasteiger partial charge in [0.1, 0.15) is 0 Å². The van der Waals surface area contributed by atoms with E-state index in [4.69, 9.17) is 17.3 Å². The van der Waals surface area contributed by atoms with Gasteiger partial charge in [0.05, 0.1) is 16.6 Å². The number of benzene rings is 3. The summed E-state index contributed by atoms with van der Waals surface area (Å²) in [5, 5.41) is 3.41. The van der Waals surface area contributed by atoms with Crippen LogP contribution < -0.4 is 11.1 Å². The van der Waals surface area contributed by atoms with E-state index in [-0.39, 0.29) is 5.91 Å². The highest BCUT2D eigenvalue weighted by molar-refractivity contribution is 6.34. The van der Waals surface area contributed by atoms with Crippen molar-refractivity contribution in [1.29, 1.82) is 0 Å². The van der Waals surface area contributed by atoms with E-state index in [2.05, 4.69) is 5.32 Å². The van der Waals surface area contributed by atoms with E-state index in [0.717, 1.165) is 16.7 Å². The predicted molar refractivity (Wildman–Crippen MR) is 104 cm³/mol. The zero-order valence-electron chi connectivity index (χ0n) is 13.9. The molecule has 4 heteroatoms. The summed E-state index contributed by atoms with van der Waals surface area (Å²) in [6, 6.07) is 22.8. The summed E-state index contributed by atoms with van der Waals surface area (Å²) in [6.45, 7) is 1.87. The Labute approximate surface area is 152 Å². The van der Waals surface area contributed by atoms with Gasteiger partial charge in [-0.25, -0.2) is 0 Å². The van der Waals surface area contributed by atoms with Gasteiger partial charge in [-0.05, 0) is 35.7 Å². The van der Waals surface area contributed by atoms with E-state index in [1.54, 1.807) is 12.1 Å². The molecule has 3 aromatic carbocycles. The van der Waals surface area contributed by atoms with Crippen LogP contribution in [0.1, 0.15) is 22.6 Å². The van der Waals surface area contributed by atoms with E-state index in [9.17, 15) is 4.79 Å². The minimum absolute atomic E-state index is 0.132. The molecule has 0 aliphatic carbocycles. The lowest BCUT2D eigenvalue weighted by molar-refractivity contribution is -0.116. The Morgan fingerprint density at radius 3 is 1.96 bits per heavy atom. The van der Waals surface area contributed by atoms with Gasteiger partial charge in [0.15, 0.2) is 0 Å². The fourth-order valence-corrected chi connectivity index (χ4v) is 3.23. The minimum Gasteiger partial charge on any atom is -0.399 e. The Balaban J connectivity index is 1.99. The van der Waals surface area contributed by atoms with Crippen molar-refractivity contribution >= 4 is 28.9 Å². The van der Waals surface area contributed by atoms with Crippen molar-refractivity contribution in [3.05, 3.63) is 94.5 Å².